The van der Waals surface area contributed by atoms with Gasteiger partial charge in [0.25, 0.3) is 0 Å². The van der Waals surface area contributed by atoms with Crippen molar-refractivity contribution in [1.29, 1.82) is 0 Å². The van der Waals surface area contributed by atoms with Crippen LogP contribution in [0.4, 0.5) is 0 Å². The summed E-state index contributed by atoms with van der Waals surface area (Å²) in [4.78, 5) is 9.06. The third kappa shape index (κ3) is 2.38. The molecule has 0 spiro atoms. The van der Waals surface area contributed by atoms with Crippen molar-refractivity contribution in [2.75, 3.05) is 13.7 Å². The van der Waals surface area contributed by atoms with Gasteiger partial charge < -0.3 is 15.0 Å². The number of methoxy groups -OCH3 is 1. The number of aromatic amines is 1. The van der Waals surface area contributed by atoms with Crippen molar-refractivity contribution in [1.82, 2.24) is 15.3 Å². The van der Waals surface area contributed by atoms with Crippen molar-refractivity contribution in [3.8, 4) is 10.6 Å². The predicted octanol–water partition coefficient (Wildman–Crippen LogP) is 2.95. The molecule has 0 saturated carbocycles. The van der Waals surface area contributed by atoms with E-state index in [0.717, 1.165) is 28.3 Å². The van der Waals surface area contributed by atoms with Crippen molar-refractivity contribution in [3.05, 3.63) is 27.9 Å². The highest BCUT2D eigenvalue weighted by Gasteiger charge is 2.27. The van der Waals surface area contributed by atoms with Crippen LogP contribution in [0, 0.1) is 0 Å². The van der Waals surface area contributed by atoms with E-state index in [0.29, 0.717) is 6.10 Å². The number of hydrogen-bond acceptors (Lipinski definition) is 4. The quantitative estimate of drug-likeness (QED) is 0.911. The molecule has 0 aliphatic carbocycles. The zero-order chi connectivity index (χ0) is 12.5. The van der Waals surface area contributed by atoms with E-state index < -0.39 is 0 Å². The Hall–Kier alpha value is -0.690. The van der Waals surface area contributed by atoms with Crippen LogP contribution in [-0.4, -0.2) is 29.7 Å². The van der Waals surface area contributed by atoms with Gasteiger partial charge in [-0.2, -0.15) is 0 Å². The number of hydrogen-bond donors (Lipinski definition) is 2. The lowest BCUT2D eigenvalue weighted by atomic mass is 10.2. The third-order valence-electron chi connectivity index (χ3n) is 3.19. The van der Waals surface area contributed by atoms with Gasteiger partial charge in [0.1, 0.15) is 5.82 Å². The van der Waals surface area contributed by atoms with Crippen molar-refractivity contribution in [3.63, 3.8) is 0 Å². The zero-order valence-corrected chi connectivity index (χ0v) is 12.3. The fourth-order valence-corrected chi connectivity index (χ4v) is 3.54. The molecule has 0 radical (unpaired) electrons. The summed E-state index contributed by atoms with van der Waals surface area (Å²) in [6.07, 6.45) is 3.16. The minimum Gasteiger partial charge on any atom is -0.380 e. The molecular weight excluding hydrogens is 314 g/mol. The van der Waals surface area contributed by atoms with E-state index in [1.54, 1.807) is 18.4 Å². The van der Waals surface area contributed by atoms with Gasteiger partial charge >= 0.3 is 0 Å². The molecule has 18 heavy (non-hydrogen) atoms. The molecule has 0 amide bonds. The van der Waals surface area contributed by atoms with Crippen LogP contribution in [0.1, 0.15) is 18.3 Å². The molecule has 0 bridgehead atoms. The number of nitrogens with one attached hydrogen (secondary N) is 2. The second-order valence-corrected chi connectivity index (χ2v) is 6.80. The fraction of sp³-hybridized carbons (Fsp3) is 0.417. The van der Waals surface area contributed by atoms with Gasteiger partial charge in [-0.05, 0) is 34.5 Å². The number of ether oxygens (including phenoxy) is 1. The number of imidazole rings is 1. The van der Waals surface area contributed by atoms with E-state index >= 15 is 0 Å². The molecule has 4 nitrogen and oxygen atoms in total. The number of rotatable bonds is 3. The van der Waals surface area contributed by atoms with Crippen molar-refractivity contribution >= 4 is 27.3 Å². The van der Waals surface area contributed by atoms with Crippen LogP contribution < -0.4 is 5.32 Å². The van der Waals surface area contributed by atoms with Crippen molar-refractivity contribution < 1.29 is 4.74 Å². The smallest absolute Gasteiger partial charge is 0.123 e. The van der Waals surface area contributed by atoms with E-state index in [1.165, 1.54) is 4.88 Å². The topological polar surface area (TPSA) is 49.9 Å². The first kappa shape index (κ1) is 12.3. The van der Waals surface area contributed by atoms with Gasteiger partial charge in [-0.3, -0.25) is 0 Å². The van der Waals surface area contributed by atoms with E-state index in [4.69, 9.17) is 4.74 Å². The Bertz CT molecular complexity index is 539. The first-order valence-corrected chi connectivity index (χ1v) is 7.44. The first-order valence-electron chi connectivity index (χ1n) is 5.83. The monoisotopic (exact) mass is 327 g/mol. The van der Waals surface area contributed by atoms with Crippen LogP contribution in [0.3, 0.4) is 0 Å². The lowest BCUT2D eigenvalue weighted by molar-refractivity contribution is 0.117. The molecule has 3 rings (SSSR count). The fourth-order valence-electron chi connectivity index (χ4n) is 2.19. The Balaban J connectivity index is 1.78. The van der Waals surface area contributed by atoms with Crippen LogP contribution in [0.25, 0.3) is 10.6 Å². The average Bonchev–Trinajstić information content (AvgIpc) is 3.07. The Labute approximate surface area is 118 Å². The number of H-pyrrole nitrogens is 1. The second-order valence-electron chi connectivity index (χ2n) is 4.34. The van der Waals surface area contributed by atoms with Crippen LogP contribution in [0.15, 0.2) is 22.1 Å². The molecule has 1 aliphatic heterocycles. The van der Waals surface area contributed by atoms with Crippen molar-refractivity contribution in [2.24, 2.45) is 0 Å². The SMILES string of the molecule is COC1CNC(c2ncc(-c3ccc(Br)s3)[nH]2)C1. The van der Waals surface area contributed by atoms with E-state index in [1.807, 2.05) is 6.20 Å². The molecule has 2 atom stereocenters. The Morgan fingerprint density at radius 3 is 3.06 bits per heavy atom. The second kappa shape index (κ2) is 5.13. The lowest BCUT2D eigenvalue weighted by Gasteiger charge is -2.06. The van der Waals surface area contributed by atoms with Crippen LogP contribution in [-0.2, 0) is 4.74 Å². The summed E-state index contributed by atoms with van der Waals surface area (Å²) in [5.74, 6) is 0.995. The highest BCUT2D eigenvalue weighted by Crippen LogP contribution is 2.31. The van der Waals surface area contributed by atoms with Crippen LogP contribution >= 0.6 is 27.3 Å². The minimum atomic E-state index is 0.270. The Kier molecular flexibility index (Phi) is 3.52. The Morgan fingerprint density at radius 1 is 1.50 bits per heavy atom. The largest absolute Gasteiger partial charge is 0.380 e. The summed E-state index contributed by atoms with van der Waals surface area (Å²) in [5, 5.41) is 3.42. The highest BCUT2D eigenvalue weighted by atomic mass is 79.9. The zero-order valence-electron chi connectivity index (χ0n) is 9.94. The molecule has 1 aliphatic rings. The number of thiophene rings is 1. The molecule has 1 fully saturated rings. The first-order chi connectivity index (χ1) is 8.76. The standard InChI is InChI=1S/C12H14BrN3OS/c1-17-7-4-8(14-5-7)12-15-6-9(16-12)10-2-3-11(13)18-10/h2-3,6-8,14H,4-5H2,1H3,(H,15,16). The maximum Gasteiger partial charge on any atom is 0.123 e. The molecule has 2 unspecified atom stereocenters. The molecule has 2 N–H and O–H groups in total. The minimum absolute atomic E-state index is 0.270. The molecule has 3 heterocycles. The van der Waals surface area contributed by atoms with Gasteiger partial charge in [-0.15, -0.1) is 11.3 Å². The molecule has 0 aromatic carbocycles. The molecule has 2 aromatic heterocycles. The van der Waals surface area contributed by atoms with Gasteiger partial charge in [-0.1, -0.05) is 0 Å². The molecule has 6 heteroatoms. The van der Waals surface area contributed by atoms with Gasteiger partial charge in [-0.25, -0.2) is 4.98 Å². The maximum atomic E-state index is 5.35. The van der Waals surface area contributed by atoms with Gasteiger partial charge in [0.05, 0.1) is 32.7 Å². The van der Waals surface area contributed by atoms with Crippen molar-refractivity contribution in [2.45, 2.75) is 18.6 Å². The lowest BCUT2D eigenvalue weighted by Crippen LogP contribution is -2.16. The normalized spacial score (nSPS) is 23.7. The van der Waals surface area contributed by atoms with E-state index in [-0.39, 0.29) is 6.04 Å². The van der Waals surface area contributed by atoms with Crippen LogP contribution in [0.5, 0.6) is 0 Å². The summed E-state index contributed by atoms with van der Waals surface area (Å²) in [5.41, 5.74) is 1.07. The number of nitrogens with zero attached hydrogens (tertiary/aromatic N) is 1. The van der Waals surface area contributed by atoms with Gasteiger partial charge in [0, 0.05) is 13.7 Å². The summed E-state index contributed by atoms with van der Waals surface area (Å²) in [6.45, 7) is 0.891. The predicted molar refractivity (Wildman–Crippen MR) is 75.8 cm³/mol. The third-order valence-corrected chi connectivity index (χ3v) is 4.84. The van der Waals surface area contributed by atoms with E-state index in [2.05, 4.69) is 43.3 Å². The Morgan fingerprint density at radius 2 is 2.39 bits per heavy atom. The summed E-state index contributed by atoms with van der Waals surface area (Å²) in [7, 11) is 1.76. The van der Waals surface area contributed by atoms with E-state index in [9.17, 15) is 0 Å². The number of halogens is 1. The summed E-state index contributed by atoms with van der Waals surface area (Å²) < 4.78 is 6.48. The molecule has 1 saturated heterocycles. The highest BCUT2D eigenvalue weighted by molar-refractivity contribution is 9.11. The molecule has 2 aromatic rings. The van der Waals surface area contributed by atoms with Crippen LogP contribution in [0.2, 0.25) is 0 Å². The van der Waals surface area contributed by atoms with Gasteiger partial charge in [0.15, 0.2) is 0 Å². The summed E-state index contributed by atoms with van der Waals surface area (Å²) in [6, 6.07) is 4.41. The molecular formula is C12H14BrN3OS. The molecule has 96 valence electrons. The number of aromatic nitrogens is 2. The van der Waals surface area contributed by atoms with Gasteiger partial charge in [0.2, 0.25) is 0 Å². The average molecular weight is 328 g/mol. The maximum absolute atomic E-state index is 5.35. The summed E-state index contributed by atoms with van der Waals surface area (Å²) >= 11 is 5.18.